The van der Waals surface area contributed by atoms with Crippen LogP contribution in [-0.2, 0) is 14.3 Å². The van der Waals surface area contributed by atoms with Crippen molar-refractivity contribution in [1.82, 2.24) is 0 Å². The van der Waals surface area contributed by atoms with Gasteiger partial charge in [0.2, 0.25) is 0 Å². The van der Waals surface area contributed by atoms with E-state index in [-0.39, 0.29) is 16.9 Å². The fourth-order valence-electron chi connectivity index (χ4n) is 1.58. The van der Waals surface area contributed by atoms with E-state index in [1.54, 1.807) is 24.3 Å². The predicted octanol–water partition coefficient (Wildman–Crippen LogP) is 3.69. The zero-order chi connectivity index (χ0) is 14.5. The van der Waals surface area contributed by atoms with Gasteiger partial charge >= 0.3 is 0 Å². The summed E-state index contributed by atoms with van der Waals surface area (Å²) in [7, 11) is -3.66. The standard InChI is InChI=1S/C15H22O3S/c1-5-6-11-15(3,4)12-18-19(16,17)14-9-7-13(2)8-10-14/h5,7-10H,1,6,11-12H2,2-4H3. The molecule has 0 saturated carbocycles. The largest absolute Gasteiger partial charge is 0.296 e. The molecule has 1 aromatic carbocycles. The van der Waals surface area contributed by atoms with Crippen LogP contribution in [0.2, 0.25) is 0 Å². The van der Waals surface area contributed by atoms with Gasteiger partial charge in [-0.05, 0) is 37.3 Å². The number of rotatable bonds is 7. The first-order chi connectivity index (χ1) is 8.77. The molecule has 1 aromatic rings. The quantitative estimate of drug-likeness (QED) is 0.566. The lowest BCUT2D eigenvalue weighted by Gasteiger charge is -2.23. The van der Waals surface area contributed by atoms with Crippen molar-refractivity contribution in [2.75, 3.05) is 6.61 Å². The van der Waals surface area contributed by atoms with Crippen molar-refractivity contribution in [2.24, 2.45) is 5.41 Å². The first-order valence-corrected chi connectivity index (χ1v) is 7.75. The summed E-state index contributed by atoms with van der Waals surface area (Å²) in [6.07, 6.45) is 3.52. The molecule has 0 heterocycles. The van der Waals surface area contributed by atoms with E-state index < -0.39 is 10.1 Å². The van der Waals surface area contributed by atoms with Crippen LogP contribution in [0.4, 0.5) is 0 Å². The van der Waals surface area contributed by atoms with Gasteiger partial charge in [-0.2, -0.15) is 8.42 Å². The second-order valence-corrected chi connectivity index (χ2v) is 7.14. The van der Waals surface area contributed by atoms with E-state index in [1.165, 1.54) is 0 Å². The Kier molecular flexibility index (Phi) is 5.32. The maximum Gasteiger partial charge on any atom is 0.296 e. The van der Waals surface area contributed by atoms with Crippen LogP contribution in [0.5, 0.6) is 0 Å². The van der Waals surface area contributed by atoms with Gasteiger partial charge in [0.1, 0.15) is 0 Å². The summed E-state index contributed by atoms with van der Waals surface area (Å²) in [6, 6.07) is 6.67. The number of benzene rings is 1. The van der Waals surface area contributed by atoms with Crippen molar-refractivity contribution in [3.63, 3.8) is 0 Å². The van der Waals surface area contributed by atoms with Crippen LogP contribution < -0.4 is 0 Å². The summed E-state index contributed by atoms with van der Waals surface area (Å²) >= 11 is 0. The minimum absolute atomic E-state index is 0.178. The minimum atomic E-state index is -3.66. The molecule has 0 aromatic heterocycles. The Bertz CT molecular complexity index is 513. The van der Waals surface area contributed by atoms with Crippen molar-refractivity contribution < 1.29 is 12.6 Å². The van der Waals surface area contributed by atoms with Gasteiger partial charge in [-0.15, -0.1) is 6.58 Å². The lowest BCUT2D eigenvalue weighted by molar-refractivity contribution is 0.176. The number of aryl methyl sites for hydroxylation is 1. The molecule has 0 bridgehead atoms. The average molecular weight is 282 g/mol. The van der Waals surface area contributed by atoms with E-state index >= 15 is 0 Å². The molecule has 19 heavy (non-hydrogen) atoms. The molecular formula is C15H22O3S. The third-order valence-electron chi connectivity index (χ3n) is 2.94. The average Bonchev–Trinajstić information content (AvgIpc) is 2.35. The van der Waals surface area contributed by atoms with Crippen molar-refractivity contribution in [2.45, 2.75) is 38.5 Å². The second kappa shape index (κ2) is 6.35. The van der Waals surface area contributed by atoms with Crippen LogP contribution in [0.3, 0.4) is 0 Å². The molecule has 0 aliphatic heterocycles. The van der Waals surface area contributed by atoms with E-state index in [4.69, 9.17) is 4.18 Å². The third kappa shape index (κ3) is 5.17. The summed E-state index contributed by atoms with van der Waals surface area (Å²) in [5.74, 6) is 0. The monoisotopic (exact) mass is 282 g/mol. The fraction of sp³-hybridized carbons (Fsp3) is 0.467. The second-order valence-electron chi connectivity index (χ2n) is 5.52. The van der Waals surface area contributed by atoms with Crippen LogP contribution in [0.15, 0.2) is 41.8 Å². The molecule has 0 radical (unpaired) electrons. The van der Waals surface area contributed by atoms with Gasteiger partial charge in [0, 0.05) is 0 Å². The van der Waals surface area contributed by atoms with E-state index in [0.717, 1.165) is 18.4 Å². The van der Waals surface area contributed by atoms with Crippen molar-refractivity contribution in [3.8, 4) is 0 Å². The molecule has 0 N–H and O–H groups in total. The number of allylic oxidation sites excluding steroid dienone is 1. The Morgan fingerprint density at radius 1 is 1.26 bits per heavy atom. The van der Waals surface area contributed by atoms with Gasteiger partial charge in [-0.3, -0.25) is 4.18 Å². The molecule has 0 aliphatic rings. The van der Waals surface area contributed by atoms with Crippen LogP contribution >= 0.6 is 0 Å². The summed E-state index contributed by atoms with van der Waals surface area (Å²) in [4.78, 5) is 0.206. The smallest absolute Gasteiger partial charge is 0.266 e. The normalized spacial score (nSPS) is 12.4. The molecule has 3 nitrogen and oxygen atoms in total. The molecule has 0 unspecified atom stereocenters. The lowest BCUT2D eigenvalue weighted by Crippen LogP contribution is -2.22. The predicted molar refractivity (Wildman–Crippen MR) is 77.5 cm³/mol. The Labute approximate surface area is 116 Å². The van der Waals surface area contributed by atoms with Crippen molar-refractivity contribution >= 4 is 10.1 Å². The molecule has 0 spiro atoms. The zero-order valence-electron chi connectivity index (χ0n) is 11.8. The van der Waals surface area contributed by atoms with E-state index in [0.29, 0.717) is 0 Å². The van der Waals surface area contributed by atoms with Gasteiger partial charge in [0.15, 0.2) is 0 Å². The summed E-state index contributed by atoms with van der Waals surface area (Å²) in [6.45, 7) is 9.73. The maximum absolute atomic E-state index is 12.0. The van der Waals surface area contributed by atoms with Crippen LogP contribution in [0, 0.1) is 12.3 Å². The highest BCUT2D eigenvalue weighted by Gasteiger charge is 2.23. The highest BCUT2D eigenvalue weighted by Crippen LogP contribution is 2.25. The van der Waals surface area contributed by atoms with Gasteiger partial charge in [-0.1, -0.05) is 37.6 Å². The third-order valence-corrected chi connectivity index (χ3v) is 4.22. The lowest BCUT2D eigenvalue weighted by atomic mass is 9.89. The van der Waals surface area contributed by atoms with Gasteiger partial charge in [0.05, 0.1) is 11.5 Å². The molecule has 0 fully saturated rings. The molecule has 0 saturated heterocycles. The highest BCUT2D eigenvalue weighted by molar-refractivity contribution is 7.86. The summed E-state index contributed by atoms with van der Waals surface area (Å²) in [5, 5.41) is 0. The Morgan fingerprint density at radius 2 is 1.84 bits per heavy atom. The highest BCUT2D eigenvalue weighted by atomic mass is 32.2. The van der Waals surface area contributed by atoms with Gasteiger partial charge in [-0.25, -0.2) is 0 Å². The van der Waals surface area contributed by atoms with E-state index in [1.807, 2.05) is 26.8 Å². The molecule has 1 rings (SSSR count). The maximum atomic E-state index is 12.0. The first-order valence-electron chi connectivity index (χ1n) is 6.34. The molecule has 4 heteroatoms. The van der Waals surface area contributed by atoms with Gasteiger partial charge < -0.3 is 0 Å². The Balaban J connectivity index is 2.70. The topological polar surface area (TPSA) is 43.4 Å². The molecule has 0 atom stereocenters. The number of hydrogen-bond donors (Lipinski definition) is 0. The van der Waals surface area contributed by atoms with Crippen LogP contribution in [0.25, 0.3) is 0 Å². The minimum Gasteiger partial charge on any atom is -0.266 e. The van der Waals surface area contributed by atoms with Crippen LogP contribution in [0.1, 0.15) is 32.3 Å². The van der Waals surface area contributed by atoms with Crippen LogP contribution in [-0.4, -0.2) is 15.0 Å². The zero-order valence-corrected chi connectivity index (χ0v) is 12.7. The van der Waals surface area contributed by atoms with E-state index in [2.05, 4.69) is 6.58 Å². The van der Waals surface area contributed by atoms with Crippen molar-refractivity contribution in [1.29, 1.82) is 0 Å². The fourth-order valence-corrected chi connectivity index (χ4v) is 2.65. The summed E-state index contributed by atoms with van der Waals surface area (Å²) in [5.41, 5.74) is 0.830. The Hall–Kier alpha value is -1.13. The molecule has 0 aliphatic carbocycles. The van der Waals surface area contributed by atoms with Gasteiger partial charge in [0.25, 0.3) is 10.1 Å². The first kappa shape index (κ1) is 15.9. The molecule has 106 valence electrons. The van der Waals surface area contributed by atoms with Crippen molar-refractivity contribution in [3.05, 3.63) is 42.5 Å². The molecule has 0 amide bonds. The molecular weight excluding hydrogens is 260 g/mol. The summed E-state index contributed by atoms with van der Waals surface area (Å²) < 4.78 is 29.2. The number of hydrogen-bond acceptors (Lipinski definition) is 3. The SMILES string of the molecule is C=CCCC(C)(C)COS(=O)(=O)c1ccc(C)cc1. The Morgan fingerprint density at radius 3 is 2.37 bits per heavy atom. The van der Waals surface area contributed by atoms with E-state index in [9.17, 15) is 8.42 Å².